The van der Waals surface area contributed by atoms with Gasteiger partial charge in [-0.05, 0) is 19.0 Å². The van der Waals surface area contributed by atoms with Crippen LogP contribution in [-0.2, 0) is 7.05 Å². The molecular weight excluding hydrogens is 252 g/mol. The van der Waals surface area contributed by atoms with Crippen LogP contribution in [0.3, 0.4) is 0 Å². The second-order valence-electron chi connectivity index (χ2n) is 5.57. The van der Waals surface area contributed by atoms with E-state index < -0.39 is 0 Å². The van der Waals surface area contributed by atoms with Crippen molar-refractivity contribution in [2.24, 2.45) is 13.0 Å². The van der Waals surface area contributed by atoms with Crippen LogP contribution in [0.25, 0.3) is 10.9 Å². The van der Waals surface area contributed by atoms with Crippen LogP contribution in [0, 0.1) is 5.92 Å². The molecule has 1 N–H and O–H groups in total. The van der Waals surface area contributed by atoms with Gasteiger partial charge in [0.1, 0.15) is 0 Å². The summed E-state index contributed by atoms with van der Waals surface area (Å²) in [6, 6.07) is 8.23. The van der Waals surface area contributed by atoms with Gasteiger partial charge in [0.2, 0.25) is 0 Å². The van der Waals surface area contributed by atoms with Gasteiger partial charge in [0.25, 0.3) is 5.91 Å². The Morgan fingerprint density at radius 1 is 1.35 bits per heavy atom. The smallest absolute Gasteiger partial charge is 0.275 e. The number of amides is 1. The number of nitrogens with one attached hydrogen (secondary N) is 1. The van der Waals surface area contributed by atoms with E-state index >= 15 is 0 Å². The number of hydrogen-bond acceptors (Lipinski definition) is 3. The maximum absolute atomic E-state index is 12.7. The molecule has 0 spiro atoms. The number of likely N-dealkylation sites (N-methyl/N-ethyl adjacent to an activating group) is 1. The van der Waals surface area contributed by atoms with E-state index in [4.69, 9.17) is 0 Å². The maximum Gasteiger partial charge on any atom is 0.275 e. The van der Waals surface area contributed by atoms with Crippen molar-refractivity contribution in [2.45, 2.75) is 13.0 Å². The molecule has 0 bridgehead atoms. The van der Waals surface area contributed by atoms with E-state index in [0.717, 1.165) is 24.0 Å². The molecule has 1 aliphatic heterocycles. The third kappa shape index (κ3) is 1.98. The minimum Gasteiger partial charge on any atom is -0.335 e. The van der Waals surface area contributed by atoms with Gasteiger partial charge in [-0.25, -0.2) is 0 Å². The Hall–Kier alpha value is -1.88. The predicted molar refractivity (Wildman–Crippen MR) is 78.6 cm³/mol. The molecule has 20 heavy (non-hydrogen) atoms. The summed E-state index contributed by atoms with van der Waals surface area (Å²) in [5.41, 5.74) is 1.56. The number of aryl methyl sites for hydroxylation is 1. The molecule has 1 aliphatic rings. The molecule has 3 rings (SSSR count). The molecule has 106 valence electrons. The van der Waals surface area contributed by atoms with E-state index in [1.54, 1.807) is 4.68 Å². The van der Waals surface area contributed by atoms with Crippen molar-refractivity contribution in [3.05, 3.63) is 30.0 Å². The summed E-state index contributed by atoms with van der Waals surface area (Å²) >= 11 is 0. The van der Waals surface area contributed by atoms with Crippen molar-refractivity contribution in [1.29, 1.82) is 0 Å². The fourth-order valence-electron chi connectivity index (χ4n) is 3.03. The topological polar surface area (TPSA) is 50.2 Å². The number of para-hydroxylation sites is 1. The summed E-state index contributed by atoms with van der Waals surface area (Å²) in [7, 11) is 3.83. The van der Waals surface area contributed by atoms with Gasteiger partial charge in [0, 0.05) is 31.6 Å². The van der Waals surface area contributed by atoms with Crippen LogP contribution in [0.5, 0.6) is 0 Å². The van der Waals surface area contributed by atoms with Crippen molar-refractivity contribution in [3.8, 4) is 0 Å². The first-order valence-corrected chi connectivity index (χ1v) is 7.00. The lowest BCUT2D eigenvalue weighted by atomic mass is 10.1. The molecule has 0 saturated carbocycles. The first kappa shape index (κ1) is 13.1. The van der Waals surface area contributed by atoms with Crippen molar-refractivity contribution < 1.29 is 4.79 Å². The normalized spacial score (nSPS) is 22.6. The Kier molecular flexibility index (Phi) is 3.22. The number of carbonyl (C=O) groups is 1. The lowest BCUT2D eigenvalue weighted by Crippen LogP contribution is -2.34. The summed E-state index contributed by atoms with van der Waals surface area (Å²) in [6.45, 7) is 3.71. The molecular formula is C15H20N4O. The van der Waals surface area contributed by atoms with E-state index in [2.05, 4.69) is 17.3 Å². The summed E-state index contributed by atoms with van der Waals surface area (Å²) in [5, 5.41) is 8.62. The van der Waals surface area contributed by atoms with Crippen molar-refractivity contribution in [2.75, 3.05) is 20.1 Å². The van der Waals surface area contributed by atoms with E-state index in [0.29, 0.717) is 17.7 Å². The first-order chi connectivity index (χ1) is 9.61. The molecule has 2 aromatic rings. The van der Waals surface area contributed by atoms with Crippen molar-refractivity contribution in [3.63, 3.8) is 0 Å². The molecule has 1 amide bonds. The minimum atomic E-state index is 0.0337. The number of aromatic nitrogens is 2. The summed E-state index contributed by atoms with van der Waals surface area (Å²) in [6.07, 6.45) is 0. The average Bonchev–Trinajstić information content (AvgIpc) is 3.00. The van der Waals surface area contributed by atoms with Crippen LogP contribution < -0.4 is 5.32 Å². The van der Waals surface area contributed by atoms with Gasteiger partial charge in [-0.15, -0.1) is 0 Å². The molecule has 0 aliphatic carbocycles. The molecule has 2 atom stereocenters. The number of carbonyl (C=O) groups excluding carboxylic acids is 1. The number of benzene rings is 1. The molecule has 0 radical (unpaired) electrons. The van der Waals surface area contributed by atoms with E-state index in [-0.39, 0.29) is 5.91 Å². The third-order valence-corrected chi connectivity index (χ3v) is 4.23. The van der Waals surface area contributed by atoms with Crippen LogP contribution in [-0.4, -0.2) is 46.8 Å². The lowest BCUT2D eigenvalue weighted by Gasteiger charge is -2.15. The van der Waals surface area contributed by atoms with Crippen LogP contribution >= 0.6 is 0 Å². The highest BCUT2D eigenvalue weighted by molar-refractivity contribution is 6.04. The van der Waals surface area contributed by atoms with E-state index in [1.165, 1.54) is 0 Å². The molecule has 1 aromatic carbocycles. The quantitative estimate of drug-likeness (QED) is 0.895. The Bertz CT molecular complexity index is 648. The fraction of sp³-hybridized carbons (Fsp3) is 0.467. The van der Waals surface area contributed by atoms with Gasteiger partial charge < -0.3 is 10.2 Å². The minimum absolute atomic E-state index is 0.0337. The fourth-order valence-corrected chi connectivity index (χ4v) is 3.03. The Morgan fingerprint density at radius 2 is 2.10 bits per heavy atom. The van der Waals surface area contributed by atoms with Crippen LogP contribution in [0.2, 0.25) is 0 Å². The molecule has 1 aromatic heterocycles. The molecule has 0 unspecified atom stereocenters. The zero-order chi connectivity index (χ0) is 14.3. The second-order valence-corrected chi connectivity index (χ2v) is 5.57. The highest BCUT2D eigenvalue weighted by atomic mass is 16.2. The second kappa shape index (κ2) is 4.90. The number of hydrogen-bond donors (Lipinski definition) is 1. The van der Waals surface area contributed by atoms with Gasteiger partial charge in [0.15, 0.2) is 5.69 Å². The Balaban J connectivity index is 1.94. The largest absolute Gasteiger partial charge is 0.335 e. The van der Waals surface area contributed by atoms with Gasteiger partial charge in [-0.2, -0.15) is 5.10 Å². The highest BCUT2D eigenvalue weighted by Crippen LogP contribution is 2.23. The zero-order valence-corrected chi connectivity index (χ0v) is 12.1. The summed E-state index contributed by atoms with van der Waals surface area (Å²) < 4.78 is 1.78. The van der Waals surface area contributed by atoms with E-state index in [9.17, 15) is 4.79 Å². The first-order valence-electron chi connectivity index (χ1n) is 7.00. The SMILES string of the molecule is CN[C@H]1CN(C(=O)c2nn(C)c3ccccc23)C[C@H]1C. The Labute approximate surface area is 118 Å². The van der Waals surface area contributed by atoms with Crippen LogP contribution in [0.15, 0.2) is 24.3 Å². The summed E-state index contributed by atoms with van der Waals surface area (Å²) in [4.78, 5) is 14.6. The van der Waals surface area contributed by atoms with Crippen LogP contribution in [0.4, 0.5) is 0 Å². The Morgan fingerprint density at radius 3 is 2.80 bits per heavy atom. The predicted octanol–water partition coefficient (Wildman–Crippen LogP) is 1.25. The zero-order valence-electron chi connectivity index (χ0n) is 12.1. The number of rotatable bonds is 2. The number of fused-ring (bicyclic) bond motifs is 1. The maximum atomic E-state index is 12.7. The number of nitrogens with zero attached hydrogens (tertiary/aromatic N) is 3. The number of likely N-dealkylation sites (tertiary alicyclic amines) is 1. The average molecular weight is 272 g/mol. The highest BCUT2D eigenvalue weighted by Gasteiger charge is 2.33. The van der Waals surface area contributed by atoms with Crippen molar-refractivity contribution >= 4 is 16.8 Å². The van der Waals surface area contributed by atoms with Gasteiger partial charge >= 0.3 is 0 Å². The monoisotopic (exact) mass is 272 g/mol. The summed E-state index contributed by atoms with van der Waals surface area (Å²) in [5.74, 6) is 0.505. The molecule has 1 saturated heterocycles. The molecule has 5 nitrogen and oxygen atoms in total. The molecule has 1 fully saturated rings. The van der Waals surface area contributed by atoms with Crippen molar-refractivity contribution in [1.82, 2.24) is 20.0 Å². The molecule has 5 heteroatoms. The van der Waals surface area contributed by atoms with Gasteiger partial charge in [-0.3, -0.25) is 9.48 Å². The molecule has 2 heterocycles. The van der Waals surface area contributed by atoms with Gasteiger partial charge in [-0.1, -0.05) is 25.1 Å². The third-order valence-electron chi connectivity index (χ3n) is 4.23. The van der Waals surface area contributed by atoms with Gasteiger partial charge in [0.05, 0.1) is 5.52 Å². The lowest BCUT2D eigenvalue weighted by molar-refractivity contribution is 0.0781. The standard InChI is InChI=1S/C15H20N4O/c1-10-8-19(9-12(10)16-2)15(20)14-11-6-4-5-7-13(11)18(3)17-14/h4-7,10,12,16H,8-9H2,1-3H3/t10-,12+/m1/s1. The van der Waals surface area contributed by atoms with E-state index in [1.807, 2.05) is 43.3 Å². The van der Waals surface area contributed by atoms with Crippen LogP contribution in [0.1, 0.15) is 17.4 Å².